The number of hydrogen-bond donors (Lipinski definition) is 1. The van der Waals surface area contributed by atoms with Crippen molar-refractivity contribution in [3.05, 3.63) is 40.5 Å². The number of aliphatic imine (C=N–C) groups is 1. The number of hydrogen-bond acceptors (Lipinski definition) is 9. The van der Waals surface area contributed by atoms with Gasteiger partial charge in [0.05, 0.1) is 26.2 Å². The molecular formula is C16H14BrN3O6. The largest absolute Gasteiger partial charge is 0.506 e. The van der Waals surface area contributed by atoms with Gasteiger partial charge in [-0.1, -0.05) is 15.9 Å². The van der Waals surface area contributed by atoms with Crippen LogP contribution < -0.4 is 4.90 Å². The van der Waals surface area contributed by atoms with Gasteiger partial charge in [-0.05, 0) is 18.2 Å². The molecular weight excluding hydrogens is 410 g/mol. The molecule has 3 rings (SSSR count). The van der Waals surface area contributed by atoms with E-state index in [9.17, 15) is 14.7 Å². The van der Waals surface area contributed by atoms with Crippen molar-refractivity contribution < 1.29 is 28.6 Å². The minimum atomic E-state index is -1.01. The zero-order valence-corrected chi connectivity index (χ0v) is 15.3. The van der Waals surface area contributed by atoms with E-state index < -0.39 is 24.0 Å². The fraction of sp³-hybridized carbons (Fsp3) is 0.250. The highest BCUT2D eigenvalue weighted by molar-refractivity contribution is 9.10. The van der Waals surface area contributed by atoms with Gasteiger partial charge in [0.25, 0.3) is 0 Å². The number of ether oxygens (including phenoxy) is 2. The molecule has 1 N–H and O–H groups in total. The third kappa shape index (κ3) is 3.03. The summed E-state index contributed by atoms with van der Waals surface area (Å²) in [6.45, 7) is 0. The second kappa shape index (κ2) is 7.16. The van der Waals surface area contributed by atoms with Crippen molar-refractivity contribution in [2.75, 3.05) is 19.1 Å². The number of carbonyl (C=O) groups excluding carboxylic acids is 2. The number of oxazole rings is 1. The van der Waals surface area contributed by atoms with E-state index in [2.05, 4.69) is 25.9 Å². The quantitative estimate of drug-likeness (QED) is 0.742. The topological polar surface area (TPSA) is 114 Å². The van der Waals surface area contributed by atoms with E-state index in [1.165, 1.54) is 31.5 Å². The maximum atomic E-state index is 12.2. The molecule has 0 saturated carbocycles. The Balaban J connectivity index is 2.10. The number of nitrogens with zero attached hydrogens (tertiary/aromatic N) is 3. The van der Waals surface area contributed by atoms with Crippen LogP contribution in [0.15, 0.2) is 38.5 Å². The van der Waals surface area contributed by atoms with Crippen molar-refractivity contribution in [1.82, 2.24) is 4.98 Å². The molecule has 0 saturated heterocycles. The average molecular weight is 424 g/mol. The predicted octanol–water partition coefficient (Wildman–Crippen LogP) is 2.06. The lowest BCUT2D eigenvalue weighted by atomic mass is 10.0. The smallest absolute Gasteiger partial charge is 0.360 e. The fourth-order valence-corrected chi connectivity index (χ4v) is 3.02. The first-order valence-electron chi connectivity index (χ1n) is 7.37. The number of carbonyl (C=O) groups is 2. The molecule has 0 fully saturated rings. The van der Waals surface area contributed by atoms with Crippen LogP contribution >= 0.6 is 15.9 Å². The molecule has 2 atom stereocenters. The predicted molar refractivity (Wildman–Crippen MR) is 93.2 cm³/mol. The first kappa shape index (κ1) is 17.9. The standard InChI is InChI=1S/C16H14BrN3O6/c1-24-15(22)11-13(14-12(16(23)25-2)19-7-26-14)20(6-18-11)9-4-3-8(17)5-10(9)21/h3-7,11,13,21H,1-2H3/t11-,13-/m1/s1. The highest BCUT2D eigenvalue weighted by Crippen LogP contribution is 2.40. The van der Waals surface area contributed by atoms with Crippen LogP contribution in [0.5, 0.6) is 5.75 Å². The van der Waals surface area contributed by atoms with Crippen LogP contribution in [0.1, 0.15) is 22.3 Å². The van der Waals surface area contributed by atoms with Crippen molar-refractivity contribution >= 4 is 39.9 Å². The summed E-state index contributed by atoms with van der Waals surface area (Å²) in [5, 5.41) is 10.3. The number of phenols is 1. The summed E-state index contributed by atoms with van der Waals surface area (Å²) in [7, 11) is 2.44. The summed E-state index contributed by atoms with van der Waals surface area (Å²) >= 11 is 3.27. The number of methoxy groups -OCH3 is 2. The second-order valence-corrected chi connectivity index (χ2v) is 6.19. The third-order valence-corrected chi connectivity index (χ3v) is 4.34. The van der Waals surface area contributed by atoms with Crippen LogP contribution in [0.2, 0.25) is 0 Å². The molecule has 0 amide bonds. The first-order valence-corrected chi connectivity index (χ1v) is 8.17. The van der Waals surface area contributed by atoms with Crippen molar-refractivity contribution in [2.45, 2.75) is 12.1 Å². The molecule has 0 spiro atoms. The second-order valence-electron chi connectivity index (χ2n) is 5.27. The molecule has 2 aromatic rings. The number of anilines is 1. The van der Waals surface area contributed by atoms with Crippen LogP contribution in [0.3, 0.4) is 0 Å². The highest BCUT2D eigenvalue weighted by atomic mass is 79.9. The normalized spacial score (nSPS) is 18.8. The van der Waals surface area contributed by atoms with Crippen molar-refractivity contribution in [2.24, 2.45) is 4.99 Å². The molecule has 10 heteroatoms. The maximum Gasteiger partial charge on any atom is 0.360 e. The summed E-state index contributed by atoms with van der Waals surface area (Å²) < 4.78 is 15.6. The summed E-state index contributed by atoms with van der Waals surface area (Å²) in [5.41, 5.74) is 0.277. The van der Waals surface area contributed by atoms with Crippen LogP contribution in [0.4, 0.5) is 5.69 Å². The van der Waals surface area contributed by atoms with Gasteiger partial charge in [0.2, 0.25) is 0 Å². The molecule has 0 bridgehead atoms. The number of halogens is 1. The Labute approximate surface area is 156 Å². The van der Waals surface area contributed by atoms with E-state index in [-0.39, 0.29) is 17.2 Å². The first-order chi connectivity index (χ1) is 12.5. The SMILES string of the molecule is COC(=O)c1ncoc1[C@H]1[C@H](C(=O)OC)N=CN1c1ccc(Br)cc1O. The number of phenolic OH excluding ortho intramolecular Hbond substituents is 1. The Morgan fingerprint density at radius 1 is 1.31 bits per heavy atom. The molecule has 1 aromatic carbocycles. The number of aromatic nitrogens is 1. The molecule has 2 heterocycles. The zero-order valence-electron chi connectivity index (χ0n) is 13.7. The summed E-state index contributed by atoms with van der Waals surface area (Å²) in [6.07, 6.45) is 2.45. The Kier molecular flexibility index (Phi) is 4.94. The van der Waals surface area contributed by atoms with Gasteiger partial charge in [-0.15, -0.1) is 0 Å². The monoisotopic (exact) mass is 423 g/mol. The van der Waals surface area contributed by atoms with Crippen LogP contribution in [0, 0.1) is 0 Å². The van der Waals surface area contributed by atoms with E-state index in [1.54, 1.807) is 12.1 Å². The maximum absolute atomic E-state index is 12.2. The molecule has 136 valence electrons. The Bertz CT molecular complexity index is 881. The Morgan fingerprint density at radius 3 is 2.73 bits per heavy atom. The summed E-state index contributed by atoms with van der Waals surface area (Å²) in [4.78, 5) is 33.7. The van der Waals surface area contributed by atoms with Gasteiger partial charge >= 0.3 is 11.9 Å². The number of rotatable bonds is 4. The fourth-order valence-electron chi connectivity index (χ4n) is 2.67. The summed E-state index contributed by atoms with van der Waals surface area (Å²) in [5.74, 6) is -1.32. The van der Waals surface area contributed by atoms with Gasteiger partial charge in [-0.3, -0.25) is 4.99 Å². The Hall–Kier alpha value is -2.88. The van der Waals surface area contributed by atoms with Crippen LogP contribution in [-0.4, -0.2) is 48.6 Å². The highest BCUT2D eigenvalue weighted by Gasteiger charge is 2.44. The molecule has 9 nitrogen and oxygen atoms in total. The summed E-state index contributed by atoms with van der Waals surface area (Å²) in [6, 6.07) is 2.94. The van der Waals surface area contributed by atoms with Gasteiger partial charge in [-0.25, -0.2) is 14.6 Å². The molecule has 0 radical (unpaired) electrons. The van der Waals surface area contributed by atoms with Gasteiger partial charge < -0.3 is 23.9 Å². The minimum Gasteiger partial charge on any atom is -0.506 e. The van der Waals surface area contributed by atoms with E-state index in [4.69, 9.17) is 13.9 Å². The molecule has 0 aliphatic carbocycles. The molecule has 1 aromatic heterocycles. The lowest BCUT2D eigenvalue weighted by Gasteiger charge is -2.26. The van der Waals surface area contributed by atoms with E-state index in [0.717, 1.165) is 6.39 Å². The van der Waals surface area contributed by atoms with Gasteiger partial charge in [0, 0.05) is 4.47 Å². The van der Waals surface area contributed by atoms with Crippen LogP contribution in [-0.2, 0) is 14.3 Å². The van der Waals surface area contributed by atoms with Crippen molar-refractivity contribution in [1.29, 1.82) is 0 Å². The number of aromatic hydroxyl groups is 1. The molecule has 26 heavy (non-hydrogen) atoms. The van der Waals surface area contributed by atoms with E-state index in [0.29, 0.717) is 10.2 Å². The number of benzene rings is 1. The number of esters is 2. The van der Waals surface area contributed by atoms with Gasteiger partial charge in [0.15, 0.2) is 23.9 Å². The van der Waals surface area contributed by atoms with Crippen LogP contribution in [0.25, 0.3) is 0 Å². The van der Waals surface area contributed by atoms with Crippen molar-refractivity contribution in [3.63, 3.8) is 0 Å². The van der Waals surface area contributed by atoms with E-state index >= 15 is 0 Å². The molecule has 1 aliphatic heterocycles. The average Bonchev–Trinajstić information content (AvgIpc) is 3.26. The molecule has 1 aliphatic rings. The molecule has 0 unspecified atom stereocenters. The van der Waals surface area contributed by atoms with E-state index in [1.807, 2.05) is 0 Å². The van der Waals surface area contributed by atoms with Gasteiger partial charge in [0.1, 0.15) is 11.8 Å². The van der Waals surface area contributed by atoms with Crippen molar-refractivity contribution in [3.8, 4) is 5.75 Å². The third-order valence-electron chi connectivity index (χ3n) is 3.85. The lowest BCUT2D eigenvalue weighted by Crippen LogP contribution is -2.34. The Morgan fingerprint density at radius 2 is 2.08 bits per heavy atom. The zero-order chi connectivity index (χ0) is 18.8. The van der Waals surface area contributed by atoms with Gasteiger partial charge in [-0.2, -0.15) is 0 Å². The lowest BCUT2D eigenvalue weighted by molar-refractivity contribution is -0.142. The minimum absolute atomic E-state index is 0.0551.